The highest BCUT2D eigenvalue weighted by Gasteiger charge is 2.23. The Balaban J connectivity index is 1.66. The van der Waals surface area contributed by atoms with Crippen molar-refractivity contribution in [3.05, 3.63) is 35.4 Å². The normalized spacial score (nSPS) is 20.1. The van der Waals surface area contributed by atoms with Crippen LogP contribution < -0.4 is 0 Å². The Bertz CT molecular complexity index is 501. The summed E-state index contributed by atoms with van der Waals surface area (Å²) in [5.74, 6) is 0.450. The summed E-state index contributed by atoms with van der Waals surface area (Å²) >= 11 is 0. The molecule has 1 aromatic rings. The zero-order valence-corrected chi connectivity index (χ0v) is 16.7. The standard InChI is InChI=1S/C23H36O3/c1-3-5-7-8-10-20-11-15-21(16-12-20)23(24)26-25-22-17-13-19(14-18-22)9-6-4-2/h11-12,15-16,19,22H,3-10,13-14,17-18H2,1-2H3. The SMILES string of the molecule is CCCCCCc1ccc(C(=O)OOC2CCC(CCCC)CC2)cc1. The molecule has 0 heterocycles. The van der Waals surface area contributed by atoms with Gasteiger partial charge in [-0.1, -0.05) is 64.5 Å². The van der Waals surface area contributed by atoms with Crippen LogP contribution in [0.25, 0.3) is 0 Å². The van der Waals surface area contributed by atoms with Crippen LogP contribution in [0.2, 0.25) is 0 Å². The highest BCUT2D eigenvalue weighted by Crippen LogP contribution is 2.30. The van der Waals surface area contributed by atoms with Crippen molar-refractivity contribution in [1.29, 1.82) is 0 Å². The van der Waals surface area contributed by atoms with E-state index < -0.39 is 0 Å². The van der Waals surface area contributed by atoms with Crippen LogP contribution in [0.3, 0.4) is 0 Å². The number of aryl methyl sites for hydroxylation is 1. The van der Waals surface area contributed by atoms with Gasteiger partial charge in [0.05, 0.1) is 5.56 Å². The van der Waals surface area contributed by atoms with Crippen LogP contribution in [0.4, 0.5) is 0 Å². The van der Waals surface area contributed by atoms with E-state index in [9.17, 15) is 4.79 Å². The number of hydrogen-bond acceptors (Lipinski definition) is 3. The van der Waals surface area contributed by atoms with Gasteiger partial charge in [0.15, 0.2) is 0 Å². The number of benzene rings is 1. The molecule has 0 atom stereocenters. The van der Waals surface area contributed by atoms with Gasteiger partial charge in [-0.2, -0.15) is 4.89 Å². The Morgan fingerprint density at radius 2 is 1.62 bits per heavy atom. The molecule has 0 amide bonds. The Kier molecular flexibility index (Phi) is 9.76. The zero-order valence-electron chi connectivity index (χ0n) is 16.7. The second-order valence-corrected chi connectivity index (χ2v) is 7.76. The summed E-state index contributed by atoms with van der Waals surface area (Å²) in [7, 11) is 0. The van der Waals surface area contributed by atoms with Crippen molar-refractivity contribution < 1.29 is 14.6 Å². The summed E-state index contributed by atoms with van der Waals surface area (Å²) < 4.78 is 0. The minimum absolute atomic E-state index is 0.0645. The number of rotatable bonds is 11. The Labute approximate surface area is 159 Å². The van der Waals surface area contributed by atoms with Crippen LogP contribution in [0, 0.1) is 5.92 Å². The van der Waals surface area contributed by atoms with Gasteiger partial charge in [0.25, 0.3) is 0 Å². The molecule has 1 aliphatic carbocycles. The van der Waals surface area contributed by atoms with Gasteiger partial charge in [-0.25, -0.2) is 4.79 Å². The fraction of sp³-hybridized carbons (Fsp3) is 0.696. The quantitative estimate of drug-likeness (QED) is 0.252. The summed E-state index contributed by atoms with van der Waals surface area (Å²) in [6.07, 6.45) is 14.5. The maximum atomic E-state index is 12.2. The maximum absolute atomic E-state index is 12.2. The van der Waals surface area contributed by atoms with E-state index in [1.54, 1.807) is 0 Å². The molecule has 3 heteroatoms. The van der Waals surface area contributed by atoms with Gasteiger partial charge in [-0.05, 0) is 62.1 Å². The van der Waals surface area contributed by atoms with Crippen LogP contribution in [-0.4, -0.2) is 12.1 Å². The van der Waals surface area contributed by atoms with Crippen LogP contribution in [0.5, 0.6) is 0 Å². The first-order valence-electron chi connectivity index (χ1n) is 10.7. The van der Waals surface area contributed by atoms with Gasteiger partial charge in [0.1, 0.15) is 6.10 Å². The number of hydrogen-bond donors (Lipinski definition) is 0. The van der Waals surface area contributed by atoms with E-state index in [0.717, 1.165) is 25.2 Å². The van der Waals surface area contributed by atoms with Crippen LogP contribution in [0.1, 0.15) is 100 Å². The fourth-order valence-electron chi connectivity index (χ4n) is 3.73. The fourth-order valence-corrected chi connectivity index (χ4v) is 3.73. The summed E-state index contributed by atoms with van der Waals surface area (Å²) in [5.41, 5.74) is 1.85. The van der Waals surface area contributed by atoms with Gasteiger partial charge in [0, 0.05) is 0 Å². The predicted octanol–water partition coefficient (Wildman–Crippen LogP) is 6.65. The van der Waals surface area contributed by atoms with Gasteiger partial charge >= 0.3 is 5.97 Å². The molecule has 1 aromatic carbocycles. The summed E-state index contributed by atoms with van der Waals surface area (Å²) in [6.45, 7) is 4.47. The van der Waals surface area contributed by atoms with Gasteiger partial charge in [-0.3, -0.25) is 4.89 Å². The molecule has 3 nitrogen and oxygen atoms in total. The maximum Gasteiger partial charge on any atom is 0.373 e. The summed E-state index contributed by atoms with van der Waals surface area (Å²) in [6, 6.07) is 7.76. The highest BCUT2D eigenvalue weighted by atomic mass is 17.2. The van der Waals surface area contributed by atoms with Crippen molar-refractivity contribution in [3.63, 3.8) is 0 Å². The first-order chi connectivity index (χ1) is 12.7. The summed E-state index contributed by atoms with van der Waals surface area (Å²) in [5, 5.41) is 0. The average molecular weight is 361 g/mol. The second kappa shape index (κ2) is 12.1. The van der Waals surface area contributed by atoms with E-state index in [1.807, 2.05) is 24.3 Å². The molecule has 0 aromatic heterocycles. The lowest BCUT2D eigenvalue weighted by molar-refractivity contribution is -0.280. The monoisotopic (exact) mass is 360 g/mol. The third-order valence-electron chi connectivity index (χ3n) is 5.53. The van der Waals surface area contributed by atoms with Crippen molar-refractivity contribution >= 4 is 5.97 Å². The third-order valence-corrected chi connectivity index (χ3v) is 5.53. The highest BCUT2D eigenvalue weighted by molar-refractivity contribution is 5.88. The molecule has 0 unspecified atom stereocenters. The minimum Gasteiger partial charge on any atom is -0.293 e. The Morgan fingerprint density at radius 3 is 2.27 bits per heavy atom. The molecule has 0 bridgehead atoms. The van der Waals surface area contributed by atoms with Crippen molar-refractivity contribution in [2.75, 3.05) is 0 Å². The van der Waals surface area contributed by atoms with E-state index >= 15 is 0 Å². The van der Waals surface area contributed by atoms with E-state index in [4.69, 9.17) is 9.78 Å². The second-order valence-electron chi connectivity index (χ2n) is 7.76. The molecule has 0 aliphatic heterocycles. The van der Waals surface area contributed by atoms with Crippen LogP contribution in [-0.2, 0) is 16.2 Å². The number of carbonyl (C=O) groups is 1. The van der Waals surface area contributed by atoms with Crippen molar-refractivity contribution in [3.8, 4) is 0 Å². The molecule has 1 fully saturated rings. The molecule has 0 saturated heterocycles. The summed E-state index contributed by atoms with van der Waals surface area (Å²) in [4.78, 5) is 22.7. The largest absolute Gasteiger partial charge is 0.373 e. The van der Waals surface area contributed by atoms with Gasteiger partial charge in [-0.15, -0.1) is 0 Å². The lowest BCUT2D eigenvalue weighted by Crippen LogP contribution is -2.23. The van der Waals surface area contributed by atoms with Crippen molar-refractivity contribution in [2.24, 2.45) is 5.92 Å². The van der Waals surface area contributed by atoms with Crippen LogP contribution >= 0.6 is 0 Å². The Hall–Kier alpha value is -1.35. The Morgan fingerprint density at radius 1 is 0.923 bits per heavy atom. The average Bonchev–Trinajstić information content (AvgIpc) is 2.69. The first-order valence-corrected chi connectivity index (χ1v) is 10.7. The molecule has 2 rings (SSSR count). The number of unbranched alkanes of at least 4 members (excludes halogenated alkanes) is 4. The molecular weight excluding hydrogens is 324 g/mol. The molecule has 1 saturated carbocycles. The zero-order chi connectivity index (χ0) is 18.6. The molecular formula is C23H36O3. The van der Waals surface area contributed by atoms with E-state index in [0.29, 0.717) is 5.56 Å². The van der Waals surface area contributed by atoms with E-state index in [1.165, 1.54) is 63.4 Å². The van der Waals surface area contributed by atoms with Gasteiger partial charge < -0.3 is 0 Å². The molecule has 146 valence electrons. The van der Waals surface area contributed by atoms with E-state index in [2.05, 4.69) is 13.8 Å². The minimum atomic E-state index is -0.379. The molecule has 0 radical (unpaired) electrons. The first kappa shape index (κ1) is 21.0. The molecule has 26 heavy (non-hydrogen) atoms. The lowest BCUT2D eigenvalue weighted by Gasteiger charge is -2.27. The topological polar surface area (TPSA) is 35.5 Å². The molecule has 1 aliphatic rings. The predicted molar refractivity (Wildman–Crippen MR) is 106 cm³/mol. The lowest BCUT2D eigenvalue weighted by atomic mass is 9.84. The van der Waals surface area contributed by atoms with Crippen molar-refractivity contribution in [2.45, 2.75) is 97.0 Å². The smallest absolute Gasteiger partial charge is 0.293 e. The van der Waals surface area contributed by atoms with Crippen molar-refractivity contribution in [1.82, 2.24) is 0 Å². The van der Waals surface area contributed by atoms with Gasteiger partial charge in [0.2, 0.25) is 0 Å². The molecule has 0 N–H and O–H groups in total. The number of carbonyl (C=O) groups excluding carboxylic acids is 1. The third kappa shape index (κ3) is 7.49. The molecule has 0 spiro atoms. The van der Waals surface area contributed by atoms with Crippen LogP contribution in [0.15, 0.2) is 24.3 Å². The van der Waals surface area contributed by atoms with E-state index in [-0.39, 0.29) is 12.1 Å².